The Morgan fingerprint density at radius 1 is 1.30 bits per heavy atom. The summed E-state index contributed by atoms with van der Waals surface area (Å²) in [5.41, 5.74) is 5.75. The molecule has 3 rings (SSSR count). The highest BCUT2D eigenvalue weighted by atomic mass is 16.6. The summed E-state index contributed by atoms with van der Waals surface area (Å²) in [6.07, 6.45) is 2.75. The summed E-state index contributed by atoms with van der Waals surface area (Å²) in [5.74, 6) is 2.42. The van der Waals surface area contributed by atoms with Gasteiger partial charge >= 0.3 is 0 Å². The van der Waals surface area contributed by atoms with Crippen LogP contribution in [0, 0.1) is 0 Å². The minimum Gasteiger partial charge on any atom is -0.486 e. The summed E-state index contributed by atoms with van der Waals surface area (Å²) >= 11 is 0. The van der Waals surface area contributed by atoms with Crippen LogP contribution < -0.4 is 20.5 Å². The van der Waals surface area contributed by atoms with Crippen molar-refractivity contribution in [2.24, 2.45) is 5.73 Å². The molecule has 0 amide bonds. The zero-order chi connectivity index (χ0) is 13.9. The Balaban J connectivity index is 2.04. The average molecular weight is 273 g/mol. The third-order valence-corrected chi connectivity index (χ3v) is 3.55. The molecule has 0 fully saturated rings. The van der Waals surface area contributed by atoms with E-state index < -0.39 is 0 Å². The standard InChI is InChI=1S/C15H19N3O2/c1-2-11(9-16)18-15-12-8-14-13(19-5-6-20-14)7-10(12)3-4-17-15/h3-4,7-8,11H,2,5-6,9,16H2,1H3,(H,17,18). The van der Waals surface area contributed by atoms with Crippen molar-refractivity contribution >= 4 is 16.6 Å². The first kappa shape index (κ1) is 13.0. The van der Waals surface area contributed by atoms with Gasteiger partial charge < -0.3 is 20.5 Å². The van der Waals surface area contributed by atoms with Crippen molar-refractivity contribution in [3.8, 4) is 11.5 Å². The molecule has 1 aliphatic heterocycles. The monoisotopic (exact) mass is 273 g/mol. The summed E-state index contributed by atoms with van der Waals surface area (Å²) in [6.45, 7) is 3.87. The highest BCUT2D eigenvalue weighted by molar-refractivity contribution is 5.94. The molecular weight excluding hydrogens is 254 g/mol. The Hall–Kier alpha value is -2.01. The first-order chi connectivity index (χ1) is 9.81. The van der Waals surface area contributed by atoms with E-state index in [-0.39, 0.29) is 6.04 Å². The molecule has 0 saturated carbocycles. The quantitative estimate of drug-likeness (QED) is 0.893. The Morgan fingerprint density at radius 3 is 2.75 bits per heavy atom. The van der Waals surface area contributed by atoms with Crippen LogP contribution >= 0.6 is 0 Å². The molecule has 2 heterocycles. The average Bonchev–Trinajstić information content (AvgIpc) is 2.50. The van der Waals surface area contributed by atoms with Gasteiger partial charge in [-0.1, -0.05) is 6.92 Å². The van der Waals surface area contributed by atoms with E-state index in [0.29, 0.717) is 19.8 Å². The highest BCUT2D eigenvalue weighted by Crippen LogP contribution is 2.36. The molecule has 1 aromatic carbocycles. The fourth-order valence-electron chi connectivity index (χ4n) is 2.35. The third kappa shape index (κ3) is 2.36. The number of nitrogens with two attached hydrogens (primary N) is 1. The lowest BCUT2D eigenvalue weighted by molar-refractivity contribution is 0.172. The summed E-state index contributed by atoms with van der Waals surface area (Å²) in [5, 5.41) is 5.51. The highest BCUT2D eigenvalue weighted by Gasteiger charge is 2.15. The number of nitrogens with one attached hydrogen (secondary N) is 1. The maximum atomic E-state index is 5.75. The van der Waals surface area contributed by atoms with Crippen LogP contribution in [0.25, 0.3) is 10.8 Å². The predicted octanol–water partition coefficient (Wildman–Crippen LogP) is 2.16. The van der Waals surface area contributed by atoms with Crippen LogP contribution in [0.5, 0.6) is 11.5 Å². The van der Waals surface area contributed by atoms with Gasteiger partial charge in [-0.05, 0) is 30.0 Å². The molecule has 20 heavy (non-hydrogen) atoms. The van der Waals surface area contributed by atoms with Crippen LogP contribution in [0.15, 0.2) is 24.4 Å². The van der Waals surface area contributed by atoms with Gasteiger partial charge in [-0.15, -0.1) is 0 Å². The Morgan fingerprint density at radius 2 is 2.05 bits per heavy atom. The van der Waals surface area contributed by atoms with Gasteiger partial charge in [-0.2, -0.15) is 0 Å². The Labute approximate surface area is 118 Å². The molecule has 1 aromatic heterocycles. The van der Waals surface area contributed by atoms with E-state index in [1.54, 1.807) is 6.20 Å². The minimum atomic E-state index is 0.223. The smallest absolute Gasteiger partial charge is 0.162 e. The van der Waals surface area contributed by atoms with Crippen molar-refractivity contribution < 1.29 is 9.47 Å². The van der Waals surface area contributed by atoms with Crippen LogP contribution in [-0.2, 0) is 0 Å². The molecule has 1 atom stereocenters. The van der Waals surface area contributed by atoms with Crippen LogP contribution in [0.2, 0.25) is 0 Å². The number of hydrogen-bond acceptors (Lipinski definition) is 5. The van der Waals surface area contributed by atoms with E-state index in [1.165, 1.54) is 0 Å². The molecule has 0 saturated heterocycles. The number of anilines is 1. The van der Waals surface area contributed by atoms with E-state index >= 15 is 0 Å². The van der Waals surface area contributed by atoms with Crippen LogP contribution in [-0.4, -0.2) is 30.8 Å². The van der Waals surface area contributed by atoms with Gasteiger partial charge in [0.15, 0.2) is 11.5 Å². The van der Waals surface area contributed by atoms with E-state index in [4.69, 9.17) is 15.2 Å². The first-order valence-corrected chi connectivity index (χ1v) is 6.96. The summed E-state index contributed by atoms with van der Waals surface area (Å²) < 4.78 is 11.2. The van der Waals surface area contributed by atoms with Crippen molar-refractivity contribution in [2.75, 3.05) is 25.1 Å². The number of nitrogens with zero attached hydrogens (tertiary/aromatic N) is 1. The number of fused-ring (bicyclic) bond motifs is 2. The number of aromatic nitrogens is 1. The van der Waals surface area contributed by atoms with E-state index in [1.807, 2.05) is 18.2 Å². The molecule has 0 aliphatic carbocycles. The normalized spacial score (nSPS) is 15.1. The summed E-state index contributed by atoms with van der Waals surface area (Å²) in [7, 11) is 0. The van der Waals surface area contributed by atoms with Crippen molar-refractivity contribution in [1.29, 1.82) is 0 Å². The number of rotatable bonds is 4. The number of ether oxygens (including phenoxy) is 2. The van der Waals surface area contributed by atoms with Crippen molar-refractivity contribution in [3.05, 3.63) is 24.4 Å². The zero-order valence-electron chi connectivity index (χ0n) is 11.6. The van der Waals surface area contributed by atoms with Gasteiger partial charge in [0.1, 0.15) is 19.0 Å². The van der Waals surface area contributed by atoms with Crippen LogP contribution in [0.4, 0.5) is 5.82 Å². The van der Waals surface area contributed by atoms with Gasteiger partial charge in [-0.3, -0.25) is 0 Å². The first-order valence-electron chi connectivity index (χ1n) is 6.96. The Bertz CT molecular complexity index is 611. The maximum Gasteiger partial charge on any atom is 0.162 e. The minimum absolute atomic E-state index is 0.223. The SMILES string of the molecule is CCC(CN)Nc1nccc2cc3c(cc12)OCCO3. The largest absolute Gasteiger partial charge is 0.486 e. The van der Waals surface area contributed by atoms with Crippen molar-refractivity contribution in [2.45, 2.75) is 19.4 Å². The lowest BCUT2D eigenvalue weighted by Gasteiger charge is -2.21. The maximum absolute atomic E-state index is 5.75. The van der Waals surface area contributed by atoms with E-state index in [0.717, 1.165) is 34.5 Å². The van der Waals surface area contributed by atoms with Crippen molar-refractivity contribution in [3.63, 3.8) is 0 Å². The third-order valence-electron chi connectivity index (χ3n) is 3.55. The number of benzene rings is 1. The molecule has 106 valence electrons. The lowest BCUT2D eigenvalue weighted by Crippen LogP contribution is -2.28. The molecule has 5 nitrogen and oxygen atoms in total. The molecule has 2 aromatic rings. The second kappa shape index (κ2) is 5.54. The zero-order valence-corrected chi connectivity index (χ0v) is 11.6. The molecule has 1 aliphatic rings. The number of pyridine rings is 1. The van der Waals surface area contributed by atoms with E-state index in [9.17, 15) is 0 Å². The lowest BCUT2D eigenvalue weighted by atomic mass is 10.1. The molecule has 1 unspecified atom stereocenters. The molecular formula is C15H19N3O2. The second-order valence-corrected chi connectivity index (χ2v) is 4.86. The van der Waals surface area contributed by atoms with Gasteiger partial charge in [0.2, 0.25) is 0 Å². The molecule has 0 spiro atoms. The van der Waals surface area contributed by atoms with Crippen molar-refractivity contribution in [1.82, 2.24) is 4.98 Å². The summed E-state index contributed by atoms with van der Waals surface area (Å²) in [4.78, 5) is 4.43. The van der Waals surface area contributed by atoms with Gasteiger partial charge in [-0.25, -0.2) is 4.98 Å². The van der Waals surface area contributed by atoms with Crippen LogP contribution in [0.3, 0.4) is 0 Å². The fraction of sp³-hybridized carbons (Fsp3) is 0.400. The molecule has 5 heteroatoms. The molecule has 0 radical (unpaired) electrons. The van der Waals surface area contributed by atoms with Gasteiger partial charge in [0.05, 0.1) is 0 Å². The molecule has 0 bridgehead atoms. The second-order valence-electron chi connectivity index (χ2n) is 4.86. The molecule has 3 N–H and O–H groups in total. The topological polar surface area (TPSA) is 69.4 Å². The predicted molar refractivity (Wildman–Crippen MR) is 79.5 cm³/mol. The van der Waals surface area contributed by atoms with Gasteiger partial charge in [0.25, 0.3) is 0 Å². The van der Waals surface area contributed by atoms with Crippen LogP contribution in [0.1, 0.15) is 13.3 Å². The number of hydrogen-bond donors (Lipinski definition) is 2. The summed E-state index contributed by atoms with van der Waals surface area (Å²) in [6, 6.07) is 6.19. The van der Waals surface area contributed by atoms with Gasteiger partial charge in [0, 0.05) is 24.2 Å². The van der Waals surface area contributed by atoms with E-state index in [2.05, 4.69) is 17.2 Å². The fourth-order valence-corrected chi connectivity index (χ4v) is 2.35. The Kier molecular flexibility index (Phi) is 3.60.